The lowest BCUT2D eigenvalue weighted by Gasteiger charge is -2.37. The van der Waals surface area contributed by atoms with Gasteiger partial charge in [-0.3, -0.25) is 9.59 Å². The topological polar surface area (TPSA) is 85.0 Å². The van der Waals surface area contributed by atoms with Crippen molar-refractivity contribution in [3.8, 4) is 0 Å². The van der Waals surface area contributed by atoms with Gasteiger partial charge in [0.05, 0.1) is 0 Å². The van der Waals surface area contributed by atoms with Crippen molar-refractivity contribution < 1.29 is 18.8 Å². The maximum absolute atomic E-state index is 13.5. The number of carbonyl (C=O) groups is 3. The largest absolute Gasteiger partial charge is 0.368 e. The summed E-state index contributed by atoms with van der Waals surface area (Å²) in [5.74, 6) is -1.31. The van der Waals surface area contributed by atoms with Crippen LogP contribution in [0.25, 0.3) is 0 Å². The first-order valence-corrected chi connectivity index (χ1v) is 13.3. The molecule has 0 atom stereocenters. The highest BCUT2D eigenvalue weighted by Gasteiger charge is 2.24. The Bertz CT molecular complexity index is 1130. The van der Waals surface area contributed by atoms with Crippen molar-refractivity contribution in [1.82, 2.24) is 15.1 Å². The second-order valence-corrected chi connectivity index (χ2v) is 9.84. The van der Waals surface area contributed by atoms with Crippen LogP contribution in [0.5, 0.6) is 0 Å². The highest BCUT2D eigenvalue weighted by atomic mass is 19.1. The highest BCUT2D eigenvalue weighted by Crippen LogP contribution is 2.21. The maximum Gasteiger partial charge on any atom is 0.317 e. The normalized spacial score (nSPS) is 16.0. The zero-order valence-electron chi connectivity index (χ0n) is 21.7. The number of piperazine rings is 1. The Kier molecular flexibility index (Phi) is 9.35. The van der Waals surface area contributed by atoms with Gasteiger partial charge in [0.25, 0.3) is 5.91 Å². The van der Waals surface area contributed by atoms with Crippen LogP contribution in [-0.2, 0) is 4.79 Å². The average molecular weight is 522 g/mol. The molecule has 4 rings (SSSR count). The van der Waals surface area contributed by atoms with Crippen LogP contribution < -0.4 is 15.5 Å². The number of rotatable bonds is 8. The molecule has 1 saturated carbocycles. The van der Waals surface area contributed by atoms with Crippen LogP contribution in [0.3, 0.4) is 0 Å². The third kappa shape index (κ3) is 7.34. The summed E-state index contributed by atoms with van der Waals surface area (Å²) in [7, 11) is 0. The van der Waals surface area contributed by atoms with E-state index in [1.165, 1.54) is 48.4 Å². The van der Waals surface area contributed by atoms with Crippen molar-refractivity contribution in [3.05, 3.63) is 72.6 Å². The zero-order chi connectivity index (χ0) is 26.9. The van der Waals surface area contributed by atoms with E-state index in [1.807, 2.05) is 29.2 Å². The molecule has 4 amide bonds. The number of urea groups is 1. The van der Waals surface area contributed by atoms with Gasteiger partial charge in [0, 0.05) is 55.7 Å². The van der Waals surface area contributed by atoms with Gasteiger partial charge in [0.1, 0.15) is 12.4 Å². The van der Waals surface area contributed by atoms with Crippen molar-refractivity contribution >= 4 is 29.2 Å². The fraction of sp³-hybridized carbons (Fsp3) is 0.414. The van der Waals surface area contributed by atoms with Gasteiger partial charge in [-0.1, -0.05) is 31.4 Å². The van der Waals surface area contributed by atoms with Crippen LogP contribution in [0.15, 0.2) is 61.2 Å². The summed E-state index contributed by atoms with van der Waals surface area (Å²) in [6.07, 6.45) is 7.31. The SMILES string of the molecule is C=CCN(CC(=O)Nc1ccc(N2CCN(C(=O)NC3CCCCC3)CC2)cc1)C(=O)c1cccc(F)c1. The van der Waals surface area contributed by atoms with Crippen LogP contribution in [0.1, 0.15) is 42.5 Å². The Labute approximate surface area is 223 Å². The van der Waals surface area contributed by atoms with Gasteiger partial charge in [0.2, 0.25) is 5.91 Å². The van der Waals surface area contributed by atoms with Crippen LogP contribution >= 0.6 is 0 Å². The molecule has 0 spiro atoms. The molecule has 1 aliphatic carbocycles. The van der Waals surface area contributed by atoms with E-state index < -0.39 is 11.7 Å². The first-order chi connectivity index (χ1) is 18.4. The summed E-state index contributed by atoms with van der Waals surface area (Å²) in [5, 5.41) is 6.01. The van der Waals surface area contributed by atoms with E-state index in [0.717, 1.165) is 37.7 Å². The summed E-state index contributed by atoms with van der Waals surface area (Å²) in [6.45, 7) is 6.42. The Morgan fingerprint density at radius 1 is 1.00 bits per heavy atom. The molecular weight excluding hydrogens is 485 g/mol. The van der Waals surface area contributed by atoms with E-state index in [-0.39, 0.29) is 30.6 Å². The van der Waals surface area contributed by atoms with Crippen molar-refractivity contribution in [3.63, 3.8) is 0 Å². The van der Waals surface area contributed by atoms with E-state index in [4.69, 9.17) is 0 Å². The summed E-state index contributed by atoms with van der Waals surface area (Å²) in [4.78, 5) is 43.5. The summed E-state index contributed by atoms with van der Waals surface area (Å²) >= 11 is 0. The Hall–Kier alpha value is -3.88. The van der Waals surface area contributed by atoms with Crippen LogP contribution in [0.4, 0.5) is 20.6 Å². The lowest BCUT2D eigenvalue weighted by atomic mass is 9.96. The van der Waals surface area contributed by atoms with Crippen LogP contribution in [0, 0.1) is 5.82 Å². The monoisotopic (exact) mass is 521 g/mol. The molecule has 9 heteroatoms. The van der Waals surface area contributed by atoms with Gasteiger partial charge in [-0.15, -0.1) is 6.58 Å². The van der Waals surface area contributed by atoms with E-state index >= 15 is 0 Å². The molecule has 0 unspecified atom stereocenters. The predicted molar refractivity (Wildman–Crippen MR) is 147 cm³/mol. The number of amides is 4. The number of nitrogens with zero attached hydrogens (tertiary/aromatic N) is 3. The van der Waals surface area contributed by atoms with Crippen LogP contribution in [-0.4, -0.2) is 73.0 Å². The third-order valence-electron chi connectivity index (χ3n) is 7.06. The number of hydrogen-bond acceptors (Lipinski definition) is 4. The summed E-state index contributed by atoms with van der Waals surface area (Å²) < 4.78 is 13.5. The fourth-order valence-corrected chi connectivity index (χ4v) is 4.99. The van der Waals surface area contributed by atoms with Crippen molar-refractivity contribution in [2.75, 3.05) is 49.5 Å². The maximum atomic E-state index is 13.5. The number of nitrogens with one attached hydrogen (secondary N) is 2. The second-order valence-electron chi connectivity index (χ2n) is 9.84. The van der Waals surface area contributed by atoms with Gasteiger partial charge < -0.3 is 25.3 Å². The number of anilines is 2. The van der Waals surface area contributed by atoms with Crippen LogP contribution in [0.2, 0.25) is 0 Å². The van der Waals surface area contributed by atoms with Crippen molar-refractivity contribution in [1.29, 1.82) is 0 Å². The lowest BCUT2D eigenvalue weighted by Crippen LogP contribution is -2.53. The number of halogens is 1. The quantitative estimate of drug-likeness (QED) is 0.509. The van der Waals surface area contributed by atoms with Crippen molar-refractivity contribution in [2.45, 2.75) is 38.1 Å². The van der Waals surface area contributed by atoms with Gasteiger partial charge in [-0.2, -0.15) is 0 Å². The molecule has 2 aromatic carbocycles. The molecule has 0 bridgehead atoms. The first kappa shape index (κ1) is 27.2. The number of benzene rings is 2. The van der Waals surface area contributed by atoms with Gasteiger partial charge in [0.15, 0.2) is 0 Å². The first-order valence-electron chi connectivity index (χ1n) is 13.3. The van der Waals surface area contributed by atoms with Gasteiger partial charge in [-0.25, -0.2) is 9.18 Å². The molecule has 2 aromatic rings. The van der Waals surface area contributed by atoms with Gasteiger partial charge >= 0.3 is 6.03 Å². The van der Waals surface area contributed by atoms with Gasteiger partial charge in [-0.05, 0) is 55.3 Å². The van der Waals surface area contributed by atoms with E-state index in [0.29, 0.717) is 24.8 Å². The summed E-state index contributed by atoms with van der Waals surface area (Å²) in [5.41, 5.74) is 1.81. The molecule has 38 heavy (non-hydrogen) atoms. The van der Waals surface area contributed by atoms with E-state index in [2.05, 4.69) is 22.1 Å². The van der Waals surface area contributed by atoms with E-state index in [9.17, 15) is 18.8 Å². The third-order valence-corrected chi connectivity index (χ3v) is 7.06. The fourth-order valence-electron chi connectivity index (χ4n) is 4.99. The second kappa shape index (κ2) is 13.1. The standard InChI is InChI=1S/C29H36FN5O3/c1-2-15-35(28(37)22-7-6-8-23(30)20-22)21-27(36)31-25-11-13-26(14-12-25)33-16-18-34(19-17-33)29(38)32-24-9-4-3-5-10-24/h2,6-8,11-14,20,24H,1,3-5,9-10,15-19,21H2,(H,31,36)(H,32,38). The lowest BCUT2D eigenvalue weighted by molar-refractivity contribution is -0.116. The molecule has 1 heterocycles. The smallest absolute Gasteiger partial charge is 0.317 e. The minimum absolute atomic E-state index is 0.0380. The number of hydrogen-bond donors (Lipinski definition) is 2. The molecule has 2 N–H and O–H groups in total. The molecular formula is C29H36FN5O3. The molecule has 1 saturated heterocycles. The molecule has 0 aromatic heterocycles. The average Bonchev–Trinajstić information content (AvgIpc) is 2.93. The Morgan fingerprint density at radius 3 is 2.37 bits per heavy atom. The predicted octanol–water partition coefficient (Wildman–Crippen LogP) is 4.26. The minimum Gasteiger partial charge on any atom is -0.368 e. The summed E-state index contributed by atoms with van der Waals surface area (Å²) in [6, 6.07) is 13.3. The Morgan fingerprint density at radius 2 is 1.71 bits per heavy atom. The zero-order valence-corrected chi connectivity index (χ0v) is 21.7. The molecule has 0 radical (unpaired) electrons. The van der Waals surface area contributed by atoms with Crippen molar-refractivity contribution in [2.24, 2.45) is 0 Å². The molecule has 2 aliphatic rings. The molecule has 202 valence electrons. The number of carbonyl (C=O) groups excluding carboxylic acids is 3. The minimum atomic E-state index is -0.511. The Balaban J connectivity index is 1.26. The van der Waals surface area contributed by atoms with E-state index in [1.54, 1.807) is 0 Å². The molecule has 2 fully saturated rings. The highest BCUT2D eigenvalue weighted by molar-refractivity contribution is 5.99. The molecule has 8 nitrogen and oxygen atoms in total. The molecule has 1 aliphatic heterocycles.